The molecular formula is C13H14N2O5. The molecule has 2 aromatic rings. The summed E-state index contributed by atoms with van der Waals surface area (Å²) in [6.45, 7) is 3.47. The standard InChI is InChI=1S/C13H14N2O5/c1-7(2)20-12-11(16)9-5-4-8(15(18)19)6-10(9)14(3)13(12)17/h4-7,16H,1-3H3. The summed E-state index contributed by atoms with van der Waals surface area (Å²) in [6.07, 6.45) is -0.274. The van der Waals surface area contributed by atoms with Gasteiger partial charge in [0.15, 0.2) is 5.75 Å². The molecule has 0 atom stereocenters. The molecule has 0 saturated carbocycles. The summed E-state index contributed by atoms with van der Waals surface area (Å²) in [5.74, 6) is -0.449. The molecule has 106 valence electrons. The van der Waals surface area contributed by atoms with Gasteiger partial charge in [0.25, 0.3) is 11.2 Å². The summed E-state index contributed by atoms with van der Waals surface area (Å²) in [6, 6.07) is 3.91. The van der Waals surface area contributed by atoms with Crippen molar-refractivity contribution in [1.82, 2.24) is 4.57 Å². The number of nitro groups is 1. The van der Waals surface area contributed by atoms with Crippen molar-refractivity contribution in [2.45, 2.75) is 20.0 Å². The van der Waals surface area contributed by atoms with E-state index in [9.17, 15) is 20.0 Å². The summed E-state index contributed by atoms with van der Waals surface area (Å²) >= 11 is 0. The normalized spacial score (nSPS) is 11.0. The van der Waals surface area contributed by atoms with Gasteiger partial charge in [0.2, 0.25) is 5.75 Å². The molecule has 0 saturated heterocycles. The summed E-state index contributed by atoms with van der Waals surface area (Å²) < 4.78 is 6.55. The molecule has 7 nitrogen and oxygen atoms in total. The SMILES string of the molecule is CC(C)Oc1c(O)c2ccc([N+](=O)[O-])cc2n(C)c1=O. The Morgan fingerprint density at radius 1 is 1.40 bits per heavy atom. The second-order valence-electron chi connectivity index (χ2n) is 4.67. The molecule has 0 bridgehead atoms. The van der Waals surface area contributed by atoms with E-state index in [1.807, 2.05) is 0 Å². The van der Waals surface area contributed by atoms with Gasteiger partial charge >= 0.3 is 0 Å². The second-order valence-corrected chi connectivity index (χ2v) is 4.67. The van der Waals surface area contributed by atoms with Crippen LogP contribution in [0.5, 0.6) is 11.5 Å². The van der Waals surface area contributed by atoms with Gasteiger partial charge in [0.05, 0.1) is 16.5 Å². The molecule has 20 heavy (non-hydrogen) atoms. The molecule has 0 aliphatic heterocycles. The number of hydrogen-bond acceptors (Lipinski definition) is 5. The first-order valence-electron chi connectivity index (χ1n) is 5.99. The van der Waals surface area contributed by atoms with E-state index in [4.69, 9.17) is 4.74 Å². The van der Waals surface area contributed by atoms with Crippen LogP contribution in [0.4, 0.5) is 5.69 Å². The number of fused-ring (bicyclic) bond motifs is 1. The number of nitro benzene ring substituents is 1. The van der Waals surface area contributed by atoms with Crippen LogP contribution >= 0.6 is 0 Å². The van der Waals surface area contributed by atoms with Crippen LogP contribution in [0.25, 0.3) is 10.9 Å². The number of ether oxygens (including phenoxy) is 1. The van der Waals surface area contributed by atoms with Crippen LogP contribution in [0, 0.1) is 10.1 Å². The lowest BCUT2D eigenvalue weighted by atomic mass is 10.1. The number of aromatic nitrogens is 1. The third kappa shape index (κ3) is 2.18. The van der Waals surface area contributed by atoms with Gasteiger partial charge in [-0.3, -0.25) is 14.9 Å². The van der Waals surface area contributed by atoms with Gasteiger partial charge in [-0.25, -0.2) is 0 Å². The fourth-order valence-electron chi connectivity index (χ4n) is 1.94. The minimum Gasteiger partial charge on any atom is -0.504 e. The zero-order valence-electron chi connectivity index (χ0n) is 11.3. The summed E-state index contributed by atoms with van der Waals surface area (Å²) in [5.41, 5.74) is -0.411. The van der Waals surface area contributed by atoms with Gasteiger partial charge in [-0.1, -0.05) is 0 Å². The van der Waals surface area contributed by atoms with E-state index in [0.717, 1.165) is 0 Å². The van der Waals surface area contributed by atoms with Crippen LogP contribution in [0.3, 0.4) is 0 Å². The Bertz CT molecular complexity index is 748. The molecule has 1 aromatic heterocycles. The monoisotopic (exact) mass is 278 g/mol. The first-order chi connectivity index (χ1) is 9.32. The van der Waals surface area contributed by atoms with Crippen LogP contribution in [-0.4, -0.2) is 20.7 Å². The minimum atomic E-state index is -0.556. The highest BCUT2D eigenvalue weighted by molar-refractivity contribution is 5.89. The van der Waals surface area contributed by atoms with E-state index in [1.54, 1.807) is 13.8 Å². The maximum Gasteiger partial charge on any atom is 0.297 e. The zero-order valence-corrected chi connectivity index (χ0v) is 11.3. The van der Waals surface area contributed by atoms with E-state index < -0.39 is 10.5 Å². The molecule has 0 unspecified atom stereocenters. The van der Waals surface area contributed by atoms with Crippen molar-refractivity contribution in [1.29, 1.82) is 0 Å². The van der Waals surface area contributed by atoms with Gasteiger partial charge < -0.3 is 14.4 Å². The van der Waals surface area contributed by atoms with Crippen LogP contribution in [0.15, 0.2) is 23.0 Å². The Labute approximate surface area is 114 Å². The third-order valence-electron chi connectivity index (χ3n) is 2.88. The van der Waals surface area contributed by atoms with Crippen LogP contribution < -0.4 is 10.3 Å². The van der Waals surface area contributed by atoms with Crippen molar-refractivity contribution in [2.75, 3.05) is 0 Å². The minimum absolute atomic E-state index is 0.149. The molecule has 1 N–H and O–H groups in total. The first kappa shape index (κ1) is 13.9. The van der Waals surface area contributed by atoms with Crippen molar-refractivity contribution < 1.29 is 14.8 Å². The van der Waals surface area contributed by atoms with Gasteiger partial charge in [-0.15, -0.1) is 0 Å². The molecule has 2 rings (SSSR count). The lowest BCUT2D eigenvalue weighted by Crippen LogP contribution is -2.22. The molecular weight excluding hydrogens is 264 g/mol. The molecule has 0 radical (unpaired) electrons. The smallest absolute Gasteiger partial charge is 0.297 e. The summed E-state index contributed by atoms with van der Waals surface area (Å²) in [7, 11) is 1.47. The van der Waals surface area contributed by atoms with Crippen molar-refractivity contribution in [2.24, 2.45) is 7.05 Å². The number of rotatable bonds is 3. The highest BCUT2D eigenvalue weighted by Crippen LogP contribution is 2.33. The van der Waals surface area contributed by atoms with E-state index in [2.05, 4.69) is 0 Å². The highest BCUT2D eigenvalue weighted by atomic mass is 16.6. The third-order valence-corrected chi connectivity index (χ3v) is 2.88. The Kier molecular flexibility index (Phi) is 3.35. The predicted molar refractivity (Wildman–Crippen MR) is 73.3 cm³/mol. The molecule has 0 fully saturated rings. The van der Waals surface area contributed by atoms with Gasteiger partial charge in [-0.05, 0) is 19.9 Å². The maximum atomic E-state index is 12.1. The largest absolute Gasteiger partial charge is 0.504 e. The quantitative estimate of drug-likeness (QED) is 0.683. The first-order valence-corrected chi connectivity index (χ1v) is 5.99. The van der Waals surface area contributed by atoms with Crippen molar-refractivity contribution in [3.8, 4) is 11.5 Å². The number of aromatic hydroxyl groups is 1. The maximum absolute atomic E-state index is 12.1. The van der Waals surface area contributed by atoms with Crippen molar-refractivity contribution in [3.05, 3.63) is 38.7 Å². The summed E-state index contributed by atoms with van der Waals surface area (Å²) in [4.78, 5) is 22.3. The second kappa shape index (κ2) is 4.84. The molecule has 0 aliphatic carbocycles. The van der Waals surface area contributed by atoms with Crippen LogP contribution in [-0.2, 0) is 7.05 Å². The number of benzene rings is 1. The van der Waals surface area contributed by atoms with E-state index in [1.165, 1.54) is 29.8 Å². The van der Waals surface area contributed by atoms with E-state index in [0.29, 0.717) is 5.39 Å². The number of aryl methyl sites for hydroxylation is 1. The topological polar surface area (TPSA) is 94.6 Å². The van der Waals surface area contributed by atoms with E-state index in [-0.39, 0.29) is 28.8 Å². The van der Waals surface area contributed by atoms with Crippen molar-refractivity contribution in [3.63, 3.8) is 0 Å². The Hall–Kier alpha value is -2.57. The Morgan fingerprint density at radius 2 is 2.05 bits per heavy atom. The van der Waals surface area contributed by atoms with Crippen LogP contribution in [0.1, 0.15) is 13.8 Å². The van der Waals surface area contributed by atoms with Gasteiger partial charge in [-0.2, -0.15) is 0 Å². The fraction of sp³-hybridized carbons (Fsp3) is 0.308. The van der Waals surface area contributed by atoms with E-state index >= 15 is 0 Å². The number of nitrogens with zero attached hydrogens (tertiary/aromatic N) is 2. The van der Waals surface area contributed by atoms with Crippen LogP contribution in [0.2, 0.25) is 0 Å². The Balaban J connectivity index is 2.81. The molecule has 0 amide bonds. The number of pyridine rings is 1. The highest BCUT2D eigenvalue weighted by Gasteiger charge is 2.19. The lowest BCUT2D eigenvalue weighted by molar-refractivity contribution is -0.384. The fourth-order valence-corrected chi connectivity index (χ4v) is 1.94. The predicted octanol–water partition coefficient (Wildman–Crippen LogP) is 1.94. The van der Waals surface area contributed by atoms with Gasteiger partial charge in [0, 0.05) is 24.6 Å². The van der Waals surface area contributed by atoms with Crippen molar-refractivity contribution >= 4 is 16.6 Å². The Morgan fingerprint density at radius 3 is 2.60 bits per heavy atom. The lowest BCUT2D eigenvalue weighted by Gasteiger charge is -2.14. The summed E-state index contributed by atoms with van der Waals surface area (Å²) in [5, 5.41) is 21.2. The number of non-ortho nitro benzene ring substituents is 1. The van der Waals surface area contributed by atoms with Gasteiger partial charge in [0.1, 0.15) is 0 Å². The number of hydrogen-bond donors (Lipinski definition) is 1. The molecule has 7 heteroatoms. The molecule has 1 aromatic carbocycles. The zero-order chi connectivity index (χ0) is 15.0. The average molecular weight is 278 g/mol. The molecule has 1 heterocycles. The average Bonchev–Trinajstić information content (AvgIpc) is 2.40. The molecule has 0 aliphatic rings. The molecule has 0 spiro atoms.